The molecule has 28 heavy (non-hydrogen) atoms. The first-order valence-electron chi connectivity index (χ1n) is 10.1. The first-order chi connectivity index (χ1) is 13.6. The summed E-state index contributed by atoms with van der Waals surface area (Å²) in [6.45, 7) is 0.984. The number of alkyl halides is 1. The Balaban J connectivity index is 1.60. The van der Waals surface area contributed by atoms with Gasteiger partial charge in [0.05, 0.1) is 6.33 Å². The van der Waals surface area contributed by atoms with Crippen LogP contribution in [0.15, 0.2) is 36.2 Å². The molecule has 4 rings (SSSR count). The predicted octanol–water partition coefficient (Wildman–Crippen LogP) is 4.21. The van der Waals surface area contributed by atoms with Crippen molar-refractivity contribution in [1.29, 1.82) is 0 Å². The molecule has 2 bridgehead atoms. The maximum absolute atomic E-state index is 12.7. The molecule has 3 aliphatic carbocycles. The van der Waals surface area contributed by atoms with E-state index in [9.17, 15) is 9.18 Å². The highest BCUT2D eigenvalue weighted by atomic mass is 35.5. The van der Waals surface area contributed by atoms with Gasteiger partial charge in [0.1, 0.15) is 12.4 Å². The number of hydrogen-bond acceptors (Lipinski definition) is 3. The van der Waals surface area contributed by atoms with Crippen LogP contribution in [0.1, 0.15) is 50.5 Å². The third-order valence-corrected chi connectivity index (χ3v) is 6.90. The summed E-state index contributed by atoms with van der Waals surface area (Å²) < 4.78 is 18.2. The Morgan fingerprint density at radius 2 is 1.82 bits per heavy atom. The number of hydrogen-bond donors (Lipinski definition) is 2. The van der Waals surface area contributed by atoms with Crippen molar-refractivity contribution in [3.05, 3.63) is 41.7 Å². The molecule has 1 amide bonds. The normalized spacial score (nSPS) is 26.9. The van der Waals surface area contributed by atoms with Crippen molar-refractivity contribution in [3.8, 4) is 5.75 Å². The van der Waals surface area contributed by atoms with E-state index < -0.39 is 0 Å². The van der Waals surface area contributed by atoms with E-state index in [1.807, 2.05) is 12.1 Å². The largest absolute Gasteiger partial charge is 0.489 e. The van der Waals surface area contributed by atoms with E-state index in [0.29, 0.717) is 30.1 Å². The SMILES string of the molecule is NC/C(=C\F)COc1ccc(C23CCC(C(=O)NCCCCl)(CC2)CC3)cc1. The average molecular weight is 409 g/mol. The van der Waals surface area contributed by atoms with Crippen molar-refractivity contribution in [2.75, 3.05) is 25.6 Å². The molecule has 6 heteroatoms. The molecule has 0 radical (unpaired) electrons. The number of carbonyl (C=O) groups is 1. The van der Waals surface area contributed by atoms with Gasteiger partial charge in [-0.1, -0.05) is 12.1 Å². The van der Waals surface area contributed by atoms with Gasteiger partial charge in [0.25, 0.3) is 0 Å². The van der Waals surface area contributed by atoms with E-state index in [0.717, 1.165) is 44.9 Å². The minimum atomic E-state index is -0.186. The number of halogens is 2. The molecule has 0 unspecified atom stereocenters. The molecule has 0 saturated heterocycles. The number of nitrogens with two attached hydrogens (primary N) is 1. The lowest BCUT2D eigenvalue weighted by atomic mass is 9.51. The molecule has 3 fully saturated rings. The molecule has 0 aliphatic heterocycles. The molecule has 0 aromatic heterocycles. The molecule has 0 atom stereocenters. The van der Waals surface area contributed by atoms with E-state index in [1.54, 1.807) is 0 Å². The van der Waals surface area contributed by atoms with Crippen LogP contribution in [0.25, 0.3) is 0 Å². The maximum atomic E-state index is 12.7. The highest BCUT2D eigenvalue weighted by molar-refractivity contribution is 6.17. The summed E-state index contributed by atoms with van der Waals surface area (Å²) in [5, 5.41) is 3.08. The van der Waals surface area contributed by atoms with Gasteiger partial charge >= 0.3 is 0 Å². The lowest BCUT2D eigenvalue weighted by Crippen LogP contribution is -2.51. The zero-order valence-electron chi connectivity index (χ0n) is 16.3. The van der Waals surface area contributed by atoms with Crippen molar-refractivity contribution >= 4 is 17.5 Å². The van der Waals surface area contributed by atoms with Gasteiger partial charge in [-0.25, -0.2) is 4.39 Å². The summed E-state index contributed by atoms with van der Waals surface area (Å²) in [4.78, 5) is 12.7. The fourth-order valence-corrected chi connectivity index (χ4v) is 4.76. The Morgan fingerprint density at radius 1 is 1.18 bits per heavy atom. The van der Waals surface area contributed by atoms with Crippen LogP contribution < -0.4 is 15.8 Å². The van der Waals surface area contributed by atoms with E-state index in [-0.39, 0.29) is 29.9 Å². The van der Waals surface area contributed by atoms with Crippen LogP contribution in [-0.2, 0) is 10.2 Å². The Morgan fingerprint density at radius 3 is 2.36 bits per heavy atom. The topological polar surface area (TPSA) is 64.3 Å². The zero-order chi connectivity index (χ0) is 20.0. The fourth-order valence-electron chi connectivity index (χ4n) is 4.63. The van der Waals surface area contributed by atoms with Gasteiger partial charge in [-0.15, -0.1) is 11.6 Å². The molecule has 0 heterocycles. The number of amides is 1. The molecule has 154 valence electrons. The number of rotatable bonds is 9. The number of ether oxygens (including phenoxy) is 1. The second-order valence-corrected chi connectivity index (χ2v) is 8.52. The number of nitrogens with one attached hydrogen (secondary N) is 1. The average Bonchev–Trinajstić information content (AvgIpc) is 2.76. The second-order valence-electron chi connectivity index (χ2n) is 8.14. The van der Waals surface area contributed by atoms with Crippen LogP contribution in [0.3, 0.4) is 0 Å². The maximum Gasteiger partial charge on any atom is 0.226 e. The Hall–Kier alpha value is -1.59. The van der Waals surface area contributed by atoms with Gasteiger partial charge in [0.15, 0.2) is 0 Å². The lowest BCUT2D eigenvalue weighted by Gasteiger charge is -2.52. The number of fused-ring (bicyclic) bond motifs is 3. The molecule has 0 spiro atoms. The second kappa shape index (κ2) is 9.27. The third-order valence-electron chi connectivity index (χ3n) is 6.63. The van der Waals surface area contributed by atoms with Crippen LogP contribution >= 0.6 is 11.6 Å². The van der Waals surface area contributed by atoms with Crippen LogP contribution in [-0.4, -0.2) is 31.5 Å². The Labute approximate surface area is 171 Å². The summed E-state index contributed by atoms with van der Waals surface area (Å²) in [5.41, 5.74) is 7.18. The first kappa shape index (κ1) is 21.1. The van der Waals surface area contributed by atoms with Crippen molar-refractivity contribution in [3.63, 3.8) is 0 Å². The van der Waals surface area contributed by atoms with Gasteiger partial charge in [-0.05, 0) is 68.1 Å². The Kier molecular flexibility index (Phi) is 7.00. The molecule has 3 saturated carbocycles. The molecule has 3 aliphatic rings. The van der Waals surface area contributed by atoms with Gasteiger partial charge < -0.3 is 15.8 Å². The van der Waals surface area contributed by atoms with Crippen LogP contribution in [0, 0.1) is 5.41 Å². The Bertz CT molecular complexity index is 680. The molecular formula is C22H30ClFN2O2. The highest BCUT2D eigenvalue weighted by Crippen LogP contribution is 2.57. The minimum absolute atomic E-state index is 0.152. The van der Waals surface area contributed by atoms with Gasteiger partial charge in [-0.3, -0.25) is 4.79 Å². The summed E-state index contributed by atoms with van der Waals surface area (Å²) in [5.74, 6) is 1.51. The number of benzene rings is 1. The summed E-state index contributed by atoms with van der Waals surface area (Å²) in [6, 6.07) is 8.14. The van der Waals surface area contributed by atoms with Crippen LogP contribution in [0.4, 0.5) is 4.39 Å². The predicted molar refractivity (Wildman–Crippen MR) is 110 cm³/mol. The first-order valence-corrected chi connectivity index (χ1v) is 10.7. The van der Waals surface area contributed by atoms with Crippen molar-refractivity contribution in [2.24, 2.45) is 11.1 Å². The van der Waals surface area contributed by atoms with Gasteiger partial charge in [-0.2, -0.15) is 0 Å². The molecule has 3 N–H and O–H groups in total. The quantitative estimate of drug-likeness (QED) is 0.475. The third kappa shape index (κ3) is 4.36. The van der Waals surface area contributed by atoms with E-state index >= 15 is 0 Å². The van der Waals surface area contributed by atoms with Crippen molar-refractivity contribution < 1.29 is 13.9 Å². The van der Waals surface area contributed by atoms with Gasteiger partial charge in [0, 0.05) is 30.0 Å². The monoisotopic (exact) mass is 408 g/mol. The van der Waals surface area contributed by atoms with Crippen LogP contribution in [0.5, 0.6) is 5.75 Å². The van der Waals surface area contributed by atoms with E-state index in [4.69, 9.17) is 22.1 Å². The summed E-state index contributed by atoms with van der Waals surface area (Å²) in [7, 11) is 0. The highest BCUT2D eigenvalue weighted by Gasteiger charge is 2.52. The minimum Gasteiger partial charge on any atom is -0.489 e. The molecule has 1 aromatic rings. The fraction of sp³-hybridized carbons (Fsp3) is 0.591. The van der Waals surface area contributed by atoms with Crippen molar-refractivity contribution in [1.82, 2.24) is 5.32 Å². The standard InChI is InChI=1S/C22H30ClFN2O2/c23-12-1-13-26-20(27)22-9-6-21(7-10-22,8-11-22)18-2-4-19(5-3-18)28-16-17(14-24)15-25/h2-5,14H,1,6-13,15-16,25H2,(H,26,27)/b17-14+. The lowest BCUT2D eigenvalue weighted by molar-refractivity contribution is -0.137. The molecular weight excluding hydrogens is 379 g/mol. The van der Waals surface area contributed by atoms with E-state index in [1.165, 1.54) is 5.56 Å². The van der Waals surface area contributed by atoms with Crippen LogP contribution in [0.2, 0.25) is 0 Å². The van der Waals surface area contributed by atoms with Gasteiger partial charge in [0.2, 0.25) is 5.91 Å². The van der Waals surface area contributed by atoms with E-state index in [2.05, 4.69) is 17.4 Å². The summed E-state index contributed by atoms with van der Waals surface area (Å²) >= 11 is 5.71. The molecule has 1 aromatic carbocycles. The molecule has 4 nitrogen and oxygen atoms in total. The smallest absolute Gasteiger partial charge is 0.226 e. The number of carbonyl (C=O) groups excluding carboxylic acids is 1. The van der Waals surface area contributed by atoms with Crippen molar-refractivity contribution in [2.45, 2.75) is 50.4 Å². The zero-order valence-corrected chi connectivity index (χ0v) is 17.1. The summed E-state index contributed by atoms with van der Waals surface area (Å²) in [6.07, 6.45) is 7.27.